The molecule has 1 aromatic heterocycles. The Hall–Kier alpha value is -2.60. The Morgan fingerprint density at radius 2 is 1.90 bits per heavy atom. The lowest BCUT2D eigenvalue weighted by Gasteiger charge is -2.14. The van der Waals surface area contributed by atoms with Crippen molar-refractivity contribution in [2.75, 3.05) is 0 Å². The first-order chi connectivity index (χ1) is 10.1. The molecular formula is C18H17N3. The van der Waals surface area contributed by atoms with Gasteiger partial charge in [0, 0.05) is 11.6 Å². The average Bonchev–Trinajstić information content (AvgIpc) is 2.85. The Labute approximate surface area is 124 Å². The van der Waals surface area contributed by atoms with E-state index in [1.54, 1.807) is 0 Å². The van der Waals surface area contributed by atoms with Crippen LogP contribution in [-0.2, 0) is 0 Å². The molecular weight excluding hydrogens is 258 g/mol. The maximum atomic E-state index is 9.06. The molecule has 0 unspecified atom stereocenters. The van der Waals surface area contributed by atoms with Crippen LogP contribution >= 0.6 is 0 Å². The van der Waals surface area contributed by atoms with E-state index in [2.05, 4.69) is 43.5 Å². The van der Waals surface area contributed by atoms with E-state index in [1.165, 1.54) is 5.56 Å². The minimum atomic E-state index is 0.303. The van der Waals surface area contributed by atoms with Crippen molar-refractivity contribution in [3.05, 3.63) is 53.6 Å². The largest absolute Gasteiger partial charge is 0.321 e. The van der Waals surface area contributed by atoms with E-state index in [0.717, 1.165) is 22.4 Å². The number of hydrogen-bond acceptors (Lipinski definition) is 2. The van der Waals surface area contributed by atoms with Crippen LogP contribution in [0, 0.1) is 18.3 Å². The van der Waals surface area contributed by atoms with Crippen LogP contribution in [-0.4, -0.2) is 9.55 Å². The summed E-state index contributed by atoms with van der Waals surface area (Å²) >= 11 is 0. The van der Waals surface area contributed by atoms with Gasteiger partial charge in [0.1, 0.15) is 5.82 Å². The van der Waals surface area contributed by atoms with Gasteiger partial charge in [-0.1, -0.05) is 24.3 Å². The molecule has 3 rings (SSSR count). The first kappa shape index (κ1) is 13.4. The molecule has 0 radical (unpaired) electrons. The van der Waals surface area contributed by atoms with Crippen molar-refractivity contribution in [1.82, 2.24) is 9.55 Å². The van der Waals surface area contributed by atoms with Crippen LogP contribution in [0.25, 0.3) is 22.4 Å². The van der Waals surface area contributed by atoms with Crippen molar-refractivity contribution in [1.29, 1.82) is 5.26 Å². The minimum absolute atomic E-state index is 0.303. The maximum absolute atomic E-state index is 9.06. The molecule has 1 heterocycles. The second kappa shape index (κ2) is 5.06. The number of benzene rings is 2. The van der Waals surface area contributed by atoms with E-state index < -0.39 is 0 Å². The van der Waals surface area contributed by atoms with Gasteiger partial charge in [0.25, 0.3) is 0 Å². The Kier molecular flexibility index (Phi) is 3.23. The van der Waals surface area contributed by atoms with E-state index in [1.807, 2.05) is 30.3 Å². The normalized spacial score (nSPS) is 11.0. The topological polar surface area (TPSA) is 41.6 Å². The fourth-order valence-electron chi connectivity index (χ4n) is 2.70. The van der Waals surface area contributed by atoms with Gasteiger partial charge in [0.15, 0.2) is 0 Å². The zero-order valence-electron chi connectivity index (χ0n) is 12.5. The number of aromatic nitrogens is 2. The van der Waals surface area contributed by atoms with Crippen molar-refractivity contribution in [3.8, 4) is 17.5 Å². The molecule has 0 atom stereocenters. The third kappa shape index (κ3) is 2.19. The van der Waals surface area contributed by atoms with Gasteiger partial charge in [-0.15, -0.1) is 0 Å². The van der Waals surface area contributed by atoms with Gasteiger partial charge in [-0.25, -0.2) is 4.98 Å². The Bertz CT molecular complexity index is 851. The Morgan fingerprint density at radius 3 is 2.57 bits per heavy atom. The van der Waals surface area contributed by atoms with E-state index in [9.17, 15) is 0 Å². The van der Waals surface area contributed by atoms with Gasteiger partial charge < -0.3 is 4.57 Å². The third-order valence-electron chi connectivity index (χ3n) is 3.72. The molecule has 2 aromatic carbocycles. The average molecular weight is 275 g/mol. The number of imidazole rings is 1. The predicted octanol–water partition coefficient (Wildman–Crippen LogP) is 4.46. The van der Waals surface area contributed by atoms with Crippen LogP contribution in [0.1, 0.15) is 31.0 Å². The third-order valence-corrected chi connectivity index (χ3v) is 3.72. The van der Waals surface area contributed by atoms with Crippen molar-refractivity contribution < 1.29 is 0 Å². The minimum Gasteiger partial charge on any atom is -0.321 e. The van der Waals surface area contributed by atoms with Gasteiger partial charge >= 0.3 is 0 Å². The molecule has 0 saturated heterocycles. The lowest BCUT2D eigenvalue weighted by atomic mass is 10.1. The molecule has 104 valence electrons. The molecule has 3 aromatic rings. The molecule has 0 aliphatic carbocycles. The second-order valence-electron chi connectivity index (χ2n) is 5.53. The molecule has 0 aliphatic rings. The zero-order valence-corrected chi connectivity index (χ0v) is 12.5. The number of hydrogen-bond donors (Lipinski definition) is 0. The molecule has 0 N–H and O–H groups in total. The molecule has 0 aliphatic heterocycles. The van der Waals surface area contributed by atoms with Crippen molar-refractivity contribution in [2.24, 2.45) is 0 Å². The summed E-state index contributed by atoms with van der Waals surface area (Å²) in [6.07, 6.45) is 0. The van der Waals surface area contributed by atoms with Gasteiger partial charge in [-0.2, -0.15) is 5.26 Å². The van der Waals surface area contributed by atoms with Crippen LogP contribution in [0.2, 0.25) is 0 Å². The molecule has 3 nitrogen and oxygen atoms in total. The molecule has 0 fully saturated rings. The van der Waals surface area contributed by atoms with E-state index in [-0.39, 0.29) is 0 Å². The van der Waals surface area contributed by atoms with Gasteiger partial charge in [0.2, 0.25) is 0 Å². The quantitative estimate of drug-likeness (QED) is 0.692. The van der Waals surface area contributed by atoms with E-state index in [4.69, 9.17) is 10.2 Å². The molecule has 0 spiro atoms. The summed E-state index contributed by atoms with van der Waals surface area (Å²) in [6.45, 7) is 6.41. The summed E-state index contributed by atoms with van der Waals surface area (Å²) in [6, 6.07) is 16.4. The van der Waals surface area contributed by atoms with E-state index >= 15 is 0 Å². The molecule has 0 amide bonds. The highest BCUT2D eigenvalue weighted by atomic mass is 15.1. The fourth-order valence-corrected chi connectivity index (χ4v) is 2.70. The number of rotatable bonds is 2. The van der Waals surface area contributed by atoms with Crippen molar-refractivity contribution in [2.45, 2.75) is 26.8 Å². The van der Waals surface area contributed by atoms with Gasteiger partial charge in [-0.3, -0.25) is 0 Å². The van der Waals surface area contributed by atoms with E-state index in [0.29, 0.717) is 11.6 Å². The number of aryl methyl sites for hydroxylation is 1. The maximum Gasteiger partial charge on any atom is 0.141 e. The van der Waals surface area contributed by atoms with Crippen LogP contribution in [0.15, 0.2) is 42.5 Å². The lowest BCUT2D eigenvalue weighted by molar-refractivity contribution is 0.624. The summed E-state index contributed by atoms with van der Waals surface area (Å²) in [5.41, 5.74) is 4.94. The summed E-state index contributed by atoms with van der Waals surface area (Å²) in [7, 11) is 0. The second-order valence-corrected chi connectivity index (χ2v) is 5.53. The van der Waals surface area contributed by atoms with Crippen molar-refractivity contribution >= 4 is 11.0 Å². The summed E-state index contributed by atoms with van der Waals surface area (Å²) in [4.78, 5) is 4.79. The lowest BCUT2D eigenvalue weighted by Crippen LogP contribution is -2.03. The first-order valence-corrected chi connectivity index (χ1v) is 7.10. The highest BCUT2D eigenvalue weighted by Gasteiger charge is 2.16. The Balaban J connectivity index is 2.35. The molecule has 3 heteroatoms. The highest BCUT2D eigenvalue weighted by molar-refractivity contribution is 5.82. The smallest absolute Gasteiger partial charge is 0.141 e. The number of fused-ring (bicyclic) bond motifs is 1. The van der Waals surface area contributed by atoms with Crippen LogP contribution in [0.3, 0.4) is 0 Å². The monoisotopic (exact) mass is 275 g/mol. The molecule has 0 bridgehead atoms. The first-order valence-electron chi connectivity index (χ1n) is 7.10. The fraction of sp³-hybridized carbons (Fsp3) is 0.222. The number of nitriles is 1. The Morgan fingerprint density at radius 1 is 1.14 bits per heavy atom. The molecule has 21 heavy (non-hydrogen) atoms. The molecule has 0 saturated carbocycles. The SMILES string of the molecule is Cc1ccccc1-c1nc2cc(C#N)ccc2n1C(C)C. The van der Waals surface area contributed by atoms with Gasteiger partial charge in [0.05, 0.1) is 22.7 Å². The highest BCUT2D eigenvalue weighted by Crippen LogP contribution is 2.30. The zero-order chi connectivity index (χ0) is 15.0. The van der Waals surface area contributed by atoms with Crippen molar-refractivity contribution in [3.63, 3.8) is 0 Å². The van der Waals surface area contributed by atoms with Crippen LogP contribution in [0.5, 0.6) is 0 Å². The van der Waals surface area contributed by atoms with Crippen LogP contribution in [0.4, 0.5) is 0 Å². The van der Waals surface area contributed by atoms with Gasteiger partial charge in [-0.05, 0) is 44.5 Å². The van der Waals surface area contributed by atoms with Crippen LogP contribution < -0.4 is 0 Å². The summed E-state index contributed by atoms with van der Waals surface area (Å²) in [5, 5.41) is 9.06. The number of nitrogens with zero attached hydrogens (tertiary/aromatic N) is 3. The predicted molar refractivity (Wildman–Crippen MR) is 85.0 cm³/mol. The standard InChI is InChI=1S/C18H17N3/c1-12(2)21-17-9-8-14(11-19)10-16(17)20-18(21)15-7-5-4-6-13(15)3/h4-10,12H,1-3H3. The summed E-state index contributed by atoms with van der Waals surface area (Å²) < 4.78 is 2.23. The summed E-state index contributed by atoms with van der Waals surface area (Å²) in [5.74, 6) is 0.966.